The lowest BCUT2D eigenvalue weighted by molar-refractivity contribution is 0.366. The molecule has 2 aromatic carbocycles. The van der Waals surface area contributed by atoms with Crippen LogP contribution in [0.4, 0.5) is 0 Å². The molecule has 5 nitrogen and oxygen atoms in total. The van der Waals surface area contributed by atoms with Crippen molar-refractivity contribution in [3.05, 3.63) is 72.9 Å². The molecule has 0 N–H and O–H groups in total. The van der Waals surface area contributed by atoms with Gasteiger partial charge >= 0.3 is 0 Å². The first kappa shape index (κ1) is 17.9. The van der Waals surface area contributed by atoms with Gasteiger partial charge in [0.2, 0.25) is 0 Å². The van der Waals surface area contributed by atoms with Crippen LogP contribution in [-0.4, -0.2) is 24.1 Å². The van der Waals surface area contributed by atoms with E-state index in [4.69, 9.17) is 15.0 Å². The highest BCUT2D eigenvalue weighted by Gasteiger charge is 2.25. The Morgan fingerprint density at radius 1 is 0.656 bits per heavy atom. The van der Waals surface area contributed by atoms with E-state index in [1.165, 1.54) is 32.1 Å². The molecule has 4 heterocycles. The number of pyridine rings is 1. The van der Waals surface area contributed by atoms with E-state index >= 15 is 0 Å². The largest absolute Gasteiger partial charge is 0.319 e. The van der Waals surface area contributed by atoms with E-state index in [0.29, 0.717) is 6.04 Å². The number of fused-ring (bicyclic) bond motifs is 6. The molecule has 1 aliphatic carbocycles. The maximum absolute atomic E-state index is 5.33. The summed E-state index contributed by atoms with van der Waals surface area (Å²) in [5, 5.41) is 1.12. The zero-order valence-corrected chi connectivity index (χ0v) is 17.8. The third-order valence-electron chi connectivity index (χ3n) is 6.92. The summed E-state index contributed by atoms with van der Waals surface area (Å²) in [6, 6.07) is 23.6. The Labute approximate surface area is 185 Å². The predicted octanol–water partition coefficient (Wildman–Crippen LogP) is 6.58. The van der Waals surface area contributed by atoms with Gasteiger partial charge < -0.3 is 4.57 Å². The average molecular weight is 418 g/mol. The van der Waals surface area contributed by atoms with E-state index in [1.54, 1.807) is 0 Å². The molecule has 156 valence electrons. The van der Waals surface area contributed by atoms with Crippen molar-refractivity contribution in [3.8, 4) is 5.69 Å². The van der Waals surface area contributed by atoms with Crippen molar-refractivity contribution in [2.24, 2.45) is 0 Å². The van der Waals surface area contributed by atoms with Crippen LogP contribution in [0, 0.1) is 0 Å². The highest BCUT2D eigenvalue weighted by molar-refractivity contribution is 6.11. The van der Waals surface area contributed by atoms with Gasteiger partial charge in [0, 0.05) is 23.3 Å². The van der Waals surface area contributed by atoms with Gasteiger partial charge in [-0.05, 0) is 43.2 Å². The fraction of sp³-hybridized carbons (Fsp3) is 0.222. The van der Waals surface area contributed by atoms with E-state index in [1.807, 2.05) is 18.3 Å². The van der Waals surface area contributed by atoms with E-state index in [9.17, 15) is 0 Å². The topological polar surface area (TPSA) is 48.5 Å². The van der Waals surface area contributed by atoms with Crippen molar-refractivity contribution in [1.29, 1.82) is 0 Å². The minimum atomic E-state index is 0.453. The van der Waals surface area contributed by atoms with Crippen LogP contribution in [0.2, 0.25) is 0 Å². The van der Waals surface area contributed by atoms with E-state index < -0.39 is 0 Å². The maximum atomic E-state index is 5.33. The molecule has 1 saturated carbocycles. The Morgan fingerprint density at radius 3 is 2.31 bits per heavy atom. The highest BCUT2D eigenvalue weighted by Crippen LogP contribution is 2.38. The van der Waals surface area contributed by atoms with Crippen LogP contribution in [0.1, 0.15) is 38.1 Å². The van der Waals surface area contributed by atoms with Gasteiger partial charge in [0.25, 0.3) is 0 Å². The normalized spacial score (nSPS) is 15.4. The number of benzene rings is 2. The molecule has 0 radical (unpaired) electrons. The van der Waals surface area contributed by atoms with Crippen molar-refractivity contribution in [1.82, 2.24) is 24.1 Å². The zero-order chi connectivity index (χ0) is 21.1. The third kappa shape index (κ3) is 2.48. The van der Waals surface area contributed by atoms with Crippen LogP contribution in [0.25, 0.3) is 50.0 Å². The summed E-state index contributed by atoms with van der Waals surface area (Å²) in [6.45, 7) is 0. The number of hydrogen-bond donors (Lipinski definition) is 0. The van der Waals surface area contributed by atoms with Crippen LogP contribution < -0.4 is 0 Å². The minimum Gasteiger partial charge on any atom is -0.319 e. The number of hydrogen-bond acceptors (Lipinski definition) is 3. The lowest BCUT2D eigenvalue weighted by Gasteiger charge is -2.24. The Kier molecular flexibility index (Phi) is 3.85. The second-order valence-corrected chi connectivity index (χ2v) is 8.79. The SMILES string of the molecule is c1ccc(-n2c3ccccc3c3nc4c5ncccc5n(C5CCCCC5)c4nc32)cc1. The zero-order valence-electron chi connectivity index (χ0n) is 17.8. The molecule has 0 amide bonds. The summed E-state index contributed by atoms with van der Waals surface area (Å²) in [4.78, 5) is 15.3. The number of rotatable bonds is 2. The van der Waals surface area contributed by atoms with Gasteiger partial charge in [-0.15, -0.1) is 0 Å². The van der Waals surface area contributed by atoms with Crippen molar-refractivity contribution >= 4 is 44.3 Å². The number of para-hydroxylation sites is 2. The van der Waals surface area contributed by atoms with Crippen molar-refractivity contribution in [3.63, 3.8) is 0 Å². The smallest absolute Gasteiger partial charge is 0.166 e. The number of aromatic nitrogens is 5. The summed E-state index contributed by atoms with van der Waals surface area (Å²) >= 11 is 0. The fourth-order valence-corrected chi connectivity index (χ4v) is 5.50. The summed E-state index contributed by atoms with van der Waals surface area (Å²) in [5.41, 5.74) is 8.05. The molecule has 7 rings (SSSR count). The van der Waals surface area contributed by atoms with Crippen LogP contribution in [0.3, 0.4) is 0 Å². The molecule has 0 unspecified atom stereocenters. The molecule has 1 fully saturated rings. The first-order valence-corrected chi connectivity index (χ1v) is 11.5. The Bertz CT molecular complexity index is 1600. The monoisotopic (exact) mass is 417 g/mol. The molecule has 0 atom stereocenters. The van der Waals surface area contributed by atoms with E-state index in [0.717, 1.165) is 50.0 Å². The molecular formula is C27H23N5. The molecule has 0 saturated heterocycles. The highest BCUT2D eigenvalue weighted by atomic mass is 15.1. The van der Waals surface area contributed by atoms with Crippen molar-refractivity contribution in [2.45, 2.75) is 38.1 Å². The van der Waals surface area contributed by atoms with Crippen molar-refractivity contribution < 1.29 is 0 Å². The van der Waals surface area contributed by atoms with Gasteiger partial charge in [-0.25, -0.2) is 9.97 Å². The van der Waals surface area contributed by atoms with Gasteiger partial charge in [-0.3, -0.25) is 9.55 Å². The molecule has 32 heavy (non-hydrogen) atoms. The van der Waals surface area contributed by atoms with E-state index in [-0.39, 0.29) is 0 Å². The minimum absolute atomic E-state index is 0.453. The molecule has 5 heteroatoms. The molecule has 6 aromatic rings. The second-order valence-electron chi connectivity index (χ2n) is 8.79. The van der Waals surface area contributed by atoms with Crippen LogP contribution in [0.5, 0.6) is 0 Å². The molecule has 0 aliphatic heterocycles. The second kappa shape index (κ2) is 6.89. The quantitative estimate of drug-likeness (QED) is 0.320. The number of nitrogens with zero attached hydrogens (tertiary/aromatic N) is 5. The van der Waals surface area contributed by atoms with Gasteiger partial charge in [-0.2, -0.15) is 0 Å². The van der Waals surface area contributed by atoms with Crippen LogP contribution in [0.15, 0.2) is 72.9 Å². The molecular weight excluding hydrogens is 394 g/mol. The molecule has 0 spiro atoms. The Hall–Kier alpha value is -3.73. The lowest BCUT2D eigenvalue weighted by Crippen LogP contribution is -2.13. The lowest BCUT2D eigenvalue weighted by atomic mass is 9.95. The first-order chi connectivity index (χ1) is 15.9. The van der Waals surface area contributed by atoms with Crippen LogP contribution in [-0.2, 0) is 0 Å². The van der Waals surface area contributed by atoms with Gasteiger partial charge in [0.05, 0.1) is 11.0 Å². The Morgan fingerprint density at radius 2 is 1.44 bits per heavy atom. The summed E-state index contributed by atoms with van der Waals surface area (Å²) in [7, 11) is 0. The summed E-state index contributed by atoms with van der Waals surface area (Å²) in [5.74, 6) is 0. The predicted molar refractivity (Wildman–Crippen MR) is 129 cm³/mol. The molecule has 0 bridgehead atoms. The summed E-state index contributed by atoms with van der Waals surface area (Å²) in [6.07, 6.45) is 8.11. The third-order valence-corrected chi connectivity index (χ3v) is 6.92. The van der Waals surface area contributed by atoms with Crippen molar-refractivity contribution in [2.75, 3.05) is 0 Å². The van der Waals surface area contributed by atoms with Gasteiger partial charge in [-0.1, -0.05) is 55.7 Å². The van der Waals surface area contributed by atoms with Gasteiger partial charge in [0.1, 0.15) is 16.6 Å². The fourth-order valence-electron chi connectivity index (χ4n) is 5.50. The van der Waals surface area contributed by atoms with E-state index in [2.05, 4.69) is 63.7 Å². The Balaban J connectivity index is 1.65. The van der Waals surface area contributed by atoms with Crippen LogP contribution >= 0.6 is 0 Å². The standard InChI is InChI=1S/C27H23N5/c1-3-10-18(11-4-1)31-21-15-8-7-14-20(21)23-26(31)30-27-25(29-23)24-22(16-9-17-28-24)32(27)19-12-5-2-6-13-19/h1,3-4,7-11,14-17,19H,2,5-6,12-13H2. The molecule has 1 aliphatic rings. The maximum Gasteiger partial charge on any atom is 0.166 e. The van der Waals surface area contributed by atoms with Gasteiger partial charge in [0.15, 0.2) is 11.3 Å². The summed E-state index contributed by atoms with van der Waals surface area (Å²) < 4.78 is 4.67. The average Bonchev–Trinajstić information content (AvgIpc) is 3.36. The first-order valence-electron chi connectivity index (χ1n) is 11.5. The molecule has 4 aromatic heterocycles.